The van der Waals surface area contributed by atoms with E-state index in [4.69, 9.17) is 0 Å². The summed E-state index contributed by atoms with van der Waals surface area (Å²) in [4.78, 5) is 0. The molecule has 2 heteroatoms. The van der Waals surface area contributed by atoms with Crippen molar-refractivity contribution in [2.75, 3.05) is 0 Å². The van der Waals surface area contributed by atoms with Gasteiger partial charge in [0, 0.05) is 18.1 Å². The van der Waals surface area contributed by atoms with Crippen LogP contribution in [-0.4, -0.2) is 18.1 Å². The topological polar surface area (TPSA) is 0 Å². The fourth-order valence-electron chi connectivity index (χ4n) is 3.60. The van der Waals surface area contributed by atoms with Crippen LogP contribution in [0.3, 0.4) is 0 Å². The molecule has 2 bridgehead atoms. The van der Waals surface area contributed by atoms with Gasteiger partial charge in [-0.05, 0) is 54.5 Å². The maximum atomic E-state index is 2.64. The summed E-state index contributed by atoms with van der Waals surface area (Å²) in [5, 5.41) is 2.10. The molecular weight excluding hydrogens is 212 g/mol. The first-order valence-corrected chi connectivity index (χ1v) is 12.1. The Morgan fingerprint density at radius 1 is 1.33 bits per heavy atom. The molecule has 0 amide bonds. The number of hydrogen-bond donors (Lipinski definition) is 0. The third kappa shape index (κ3) is 2.03. The molecule has 0 nitrogen and oxygen atoms in total. The molecule has 1 heterocycles. The highest BCUT2D eigenvalue weighted by Crippen LogP contribution is 2.47. The van der Waals surface area contributed by atoms with Crippen LogP contribution in [0.5, 0.6) is 0 Å². The van der Waals surface area contributed by atoms with Gasteiger partial charge in [-0.3, -0.25) is 0 Å². The van der Waals surface area contributed by atoms with Crippen LogP contribution in [0.2, 0.25) is 0 Å². The van der Waals surface area contributed by atoms with Gasteiger partial charge in [-0.2, -0.15) is 0 Å². The van der Waals surface area contributed by atoms with Crippen LogP contribution in [0, 0.1) is 22.4 Å². The summed E-state index contributed by atoms with van der Waals surface area (Å²) in [6.07, 6.45) is 10.1. The first-order valence-electron chi connectivity index (χ1n) is 6.71. The second kappa shape index (κ2) is 3.59. The predicted molar refractivity (Wildman–Crippen MR) is 72.3 cm³/mol. The molecular formula is C13H23Si2. The molecule has 0 aromatic heterocycles. The van der Waals surface area contributed by atoms with Crippen LogP contribution in [0.4, 0.5) is 0 Å². The fraction of sp³-hybridized carbons (Fsp3) is 0.769. The van der Waals surface area contributed by atoms with Crippen LogP contribution < -0.4 is 0 Å². The number of rotatable bonds is 4. The second-order valence-corrected chi connectivity index (χ2v) is 13.2. The highest BCUT2D eigenvalue weighted by atomic mass is 29.2. The lowest BCUT2D eigenvalue weighted by molar-refractivity contribution is 0.403. The number of fused-ring (bicyclic) bond motifs is 2. The molecule has 83 valence electrons. The van der Waals surface area contributed by atoms with Crippen LogP contribution in [-0.2, 0) is 0 Å². The lowest BCUT2D eigenvalue weighted by atomic mass is 9.84. The summed E-state index contributed by atoms with van der Waals surface area (Å²) >= 11 is 0. The van der Waals surface area contributed by atoms with Crippen molar-refractivity contribution < 1.29 is 0 Å². The van der Waals surface area contributed by atoms with Crippen molar-refractivity contribution in [1.82, 2.24) is 0 Å². The quantitative estimate of drug-likeness (QED) is 0.516. The molecule has 2 fully saturated rings. The first kappa shape index (κ1) is 10.3. The minimum atomic E-state index is 0.461. The highest BCUT2D eigenvalue weighted by molar-refractivity contribution is 7.28. The largest absolute Gasteiger partial charge is 0.0819 e. The van der Waals surface area contributed by atoms with Gasteiger partial charge in [0.2, 0.25) is 0 Å². The molecule has 3 aliphatic rings. The lowest BCUT2D eigenvalue weighted by Crippen LogP contribution is -2.15. The van der Waals surface area contributed by atoms with Crippen molar-refractivity contribution >= 4 is 18.1 Å². The molecule has 2 atom stereocenters. The highest BCUT2D eigenvalue weighted by Gasteiger charge is 2.39. The van der Waals surface area contributed by atoms with Crippen molar-refractivity contribution in [3.63, 3.8) is 0 Å². The van der Waals surface area contributed by atoms with Gasteiger partial charge < -0.3 is 0 Å². The summed E-state index contributed by atoms with van der Waals surface area (Å²) in [7, 11) is 0.922. The van der Waals surface area contributed by atoms with Gasteiger partial charge in [0.15, 0.2) is 0 Å². The Morgan fingerprint density at radius 2 is 2.13 bits per heavy atom. The summed E-state index contributed by atoms with van der Waals surface area (Å²) < 4.78 is 0. The minimum absolute atomic E-state index is 0.461. The Hall–Kier alpha value is 0.174. The van der Waals surface area contributed by atoms with Crippen LogP contribution >= 0.6 is 0 Å². The van der Waals surface area contributed by atoms with E-state index in [1.54, 1.807) is 0 Å². The number of hydrogen-bond acceptors (Lipinski definition) is 0. The van der Waals surface area contributed by atoms with Crippen LogP contribution in [0.1, 0.15) is 46.0 Å². The molecule has 3 rings (SSSR count). The molecule has 0 N–H and O–H groups in total. The molecule has 15 heavy (non-hydrogen) atoms. The second-order valence-electron chi connectivity index (χ2n) is 6.50. The molecule has 2 aliphatic carbocycles. The summed E-state index contributed by atoms with van der Waals surface area (Å²) in [5.41, 5.74) is 2.52. The molecule has 0 aromatic carbocycles. The van der Waals surface area contributed by atoms with Gasteiger partial charge >= 0.3 is 0 Å². The van der Waals surface area contributed by atoms with E-state index < -0.39 is 0 Å². The fourth-order valence-corrected chi connectivity index (χ4v) is 9.87. The molecule has 0 spiro atoms. The standard InChI is InChI=1S/C13H23Si2/c1-13(2,12-14-15-12)6-5-11-8-9-3-4-10(11)7-9/h8-10H,3-7,14-15H2,1-2H3. The average Bonchev–Trinajstić information content (AvgIpc) is 2.88. The maximum Gasteiger partial charge on any atom is 0.0123 e. The maximum absolute atomic E-state index is 2.64. The van der Waals surface area contributed by atoms with Gasteiger partial charge in [0.05, 0.1) is 0 Å². The molecule has 0 aromatic rings. The summed E-state index contributed by atoms with van der Waals surface area (Å²) in [5.74, 6) is 2.01. The van der Waals surface area contributed by atoms with Gasteiger partial charge in [-0.1, -0.05) is 25.5 Å². The average molecular weight is 235 g/mol. The van der Waals surface area contributed by atoms with E-state index in [1.807, 2.05) is 5.57 Å². The van der Waals surface area contributed by atoms with Crippen molar-refractivity contribution in [3.05, 3.63) is 16.8 Å². The SMILES string of the molecule is CC(C)(CCC1=CC2CCC1C2)[C]1[SiH2][SiH2]1. The Bertz CT molecular complexity index is 289. The zero-order chi connectivity index (χ0) is 10.5. The summed E-state index contributed by atoms with van der Waals surface area (Å²) in [6.45, 7) is 5.03. The zero-order valence-corrected chi connectivity index (χ0v) is 13.0. The van der Waals surface area contributed by atoms with Gasteiger partial charge in [-0.25, -0.2) is 0 Å². The van der Waals surface area contributed by atoms with E-state index >= 15 is 0 Å². The Labute approximate surface area is 98.3 Å². The van der Waals surface area contributed by atoms with Crippen molar-refractivity contribution in [2.45, 2.75) is 46.0 Å². The lowest BCUT2D eigenvalue weighted by Gasteiger charge is -2.26. The van der Waals surface area contributed by atoms with Crippen molar-refractivity contribution in [3.8, 4) is 0 Å². The molecule has 1 radical (unpaired) electrons. The van der Waals surface area contributed by atoms with E-state index in [1.165, 1.54) is 32.1 Å². The van der Waals surface area contributed by atoms with E-state index in [-0.39, 0.29) is 0 Å². The van der Waals surface area contributed by atoms with Gasteiger partial charge in [0.25, 0.3) is 0 Å². The van der Waals surface area contributed by atoms with E-state index in [2.05, 4.69) is 25.1 Å². The third-order valence-corrected chi connectivity index (χ3v) is 10.9. The van der Waals surface area contributed by atoms with Gasteiger partial charge in [-0.15, -0.1) is 0 Å². The Morgan fingerprint density at radius 3 is 2.67 bits per heavy atom. The monoisotopic (exact) mass is 235 g/mol. The van der Waals surface area contributed by atoms with E-state index in [0.717, 1.165) is 11.8 Å². The van der Waals surface area contributed by atoms with Crippen molar-refractivity contribution in [1.29, 1.82) is 0 Å². The van der Waals surface area contributed by atoms with Gasteiger partial charge in [0.1, 0.15) is 0 Å². The number of allylic oxidation sites excluding steroid dienone is 2. The molecule has 1 saturated heterocycles. The van der Waals surface area contributed by atoms with Crippen molar-refractivity contribution in [2.24, 2.45) is 17.3 Å². The smallest absolute Gasteiger partial charge is 0.0123 e. The Kier molecular flexibility index (Phi) is 2.47. The van der Waals surface area contributed by atoms with E-state index in [0.29, 0.717) is 23.5 Å². The van der Waals surface area contributed by atoms with Crippen LogP contribution in [0.25, 0.3) is 0 Å². The molecule has 2 unspecified atom stereocenters. The van der Waals surface area contributed by atoms with E-state index in [9.17, 15) is 0 Å². The Balaban J connectivity index is 1.56. The van der Waals surface area contributed by atoms with Crippen LogP contribution in [0.15, 0.2) is 11.6 Å². The third-order valence-electron chi connectivity index (χ3n) is 4.94. The molecule has 1 saturated carbocycles. The zero-order valence-electron chi connectivity index (χ0n) is 10.2. The minimum Gasteiger partial charge on any atom is -0.0819 e. The normalized spacial score (nSPS) is 37.9. The summed E-state index contributed by atoms with van der Waals surface area (Å²) in [6, 6.07) is 0. The molecule has 1 aliphatic heterocycles. The predicted octanol–water partition coefficient (Wildman–Crippen LogP) is 1.90. The first-order chi connectivity index (χ1) is 7.15.